The van der Waals surface area contributed by atoms with Crippen molar-refractivity contribution in [3.05, 3.63) is 23.9 Å². The summed E-state index contributed by atoms with van der Waals surface area (Å²) in [6.07, 6.45) is 6.17. The van der Waals surface area contributed by atoms with E-state index in [1.807, 2.05) is 11.9 Å². The van der Waals surface area contributed by atoms with E-state index in [0.717, 1.165) is 31.7 Å². The van der Waals surface area contributed by atoms with Crippen LogP contribution in [-0.4, -0.2) is 66.5 Å². The Morgan fingerprint density at radius 2 is 2.08 bits per heavy atom. The third kappa shape index (κ3) is 3.36. The van der Waals surface area contributed by atoms with Gasteiger partial charge in [0.25, 0.3) is 0 Å². The number of aromatic nitrogens is 1. The van der Waals surface area contributed by atoms with Crippen LogP contribution in [0.5, 0.6) is 0 Å². The molecule has 3 heterocycles. The Morgan fingerprint density at radius 3 is 2.71 bits per heavy atom. The van der Waals surface area contributed by atoms with Crippen molar-refractivity contribution in [2.45, 2.75) is 37.8 Å². The van der Waals surface area contributed by atoms with Crippen LogP contribution in [0.1, 0.15) is 31.2 Å². The highest BCUT2D eigenvalue weighted by Crippen LogP contribution is 2.29. The number of nitrogens with zero attached hydrogens (tertiary/aromatic N) is 5. The predicted molar refractivity (Wildman–Crippen MR) is 92.6 cm³/mol. The van der Waals surface area contributed by atoms with Crippen molar-refractivity contribution >= 4 is 11.7 Å². The van der Waals surface area contributed by atoms with Gasteiger partial charge in [0.15, 0.2) is 0 Å². The summed E-state index contributed by atoms with van der Waals surface area (Å²) in [6.45, 7) is 2.33. The molecule has 2 atom stereocenters. The molecule has 0 aliphatic carbocycles. The van der Waals surface area contributed by atoms with Gasteiger partial charge in [-0.25, -0.2) is 4.98 Å². The third-order valence-corrected chi connectivity index (χ3v) is 5.28. The fourth-order valence-corrected chi connectivity index (χ4v) is 3.98. The van der Waals surface area contributed by atoms with Gasteiger partial charge >= 0.3 is 0 Å². The van der Waals surface area contributed by atoms with Crippen LogP contribution in [0, 0.1) is 11.3 Å². The maximum Gasteiger partial charge on any atom is 0.242 e. The summed E-state index contributed by atoms with van der Waals surface area (Å²) >= 11 is 0. The normalized spacial score (nSPS) is 24.1. The predicted octanol–water partition coefficient (Wildman–Crippen LogP) is 1.47. The van der Waals surface area contributed by atoms with Crippen molar-refractivity contribution in [3.8, 4) is 6.07 Å². The molecule has 2 aliphatic heterocycles. The topological polar surface area (TPSA) is 63.5 Å². The number of pyridine rings is 1. The van der Waals surface area contributed by atoms with Gasteiger partial charge in [-0.3, -0.25) is 4.79 Å². The first-order valence-electron chi connectivity index (χ1n) is 8.67. The van der Waals surface area contributed by atoms with Gasteiger partial charge in [-0.2, -0.15) is 5.26 Å². The number of rotatable bonds is 4. The van der Waals surface area contributed by atoms with Gasteiger partial charge in [0.1, 0.15) is 11.9 Å². The number of amides is 1. The maximum atomic E-state index is 12.8. The van der Waals surface area contributed by atoms with Crippen LogP contribution < -0.4 is 4.90 Å². The Hall–Kier alpha value is -2.13. The monoisotopic (exact) mass is 327 g/mol. The zero-order valence-electron chi connectivity index (χ0n) is 14.5. The van der Waals surface area contributed by atoms with Crippen molar-refractivity contribution in [2.75, 3.05) is 38.6 Å². The van der Waals surface area contributed by atoms with Crippen LogP contribution in [0.4, 0.5) is 5.82 Å². The maximum absolute atomic E-state index is 12.8. The second-order valence-corrected chi connectivity index (χ2v) is 6.86. The molecule has 1 aromatic rings. The fraction of sp³-hybridized carbons (Fsp3) is 0.611. The van der Waals surface area contributed by atoms with E-state index in [2.05, 4.69) is 27.9 Å². The van der Waals surface area contributed by atoms with Gasteiger partial charge in [-0.1, -0.05) is 0 Å². The molecule has 2 fully saturated rings. The molecule has 3 rings (SSSR count). The van der Waals surface area contributed by atoms with Gasteiger partial charge < -0.3 is 14.7 Å². The van der Waals surface area contributed by atoms with E-state index >= 15 is 0 Å². The minimum Gasteiger partial charge on any atom is -0.350 e. The first-order valence-corrected chi connectivity index (χ1v) is 8.67. The van der Waals surface area contributed by atoms with Crippen LogP contribution >= 0.6 is 0 Å². The second-order valence-electron chi connectivity index (χ2n) is 6.86. The second kappa shape index (κ2) is 7.18. The SMILES string of the molecule is CN(CC(=O)N1CCCC1C1CCCN1C)c1ccc(C#N)cn1. The van der Waals surface area contributed by atoms with Crippen LogP contribution in [-0.2, 0) is 4.79 Å². The lowest BCUT2D eigenvalue weighted by molar-refractivity contribution is -0.131. The first-order chi connectivity index (χ1) is 11.6. The Bertz CT molecular complexity index is 623. The van der Waals surface area contributed by atoms with E-state index in [0.29, 0.717) is 24.2 Å². The Kier molecular flexibility index (Phi) is 5.00. The molecule has 0 bridgehead atoms. The van der Waals surface area contributed by atoms with Crippen molar-refractivity contribution in [2.24, 2.45) is 0 Å². The molecule has 1 amide bonds. The van der Waals surface area contributed by atoms with Crippen LogP contribution in [0.3, 0.4) is 0 Å². The molecule has 0 N–H and O–H groups in total. The summed E-state index contributed by atoms with van der Waals surface area (Å²) in [5.41, 5.74) is 0.530. The molecule has 6 heteroatoms. The highest BCUT2D eigenvalue weighted by Gasteiger charge is 2.38. The molecule has 2 unspecified atom stereocenters. The van der Waals surface area contributed by atoms with Crippen LogP contribution in [0.15, 0.2) is 18.3 Å². The number of likely N-dealkylation sites (N-methyl/N-ethyl adjacent to an activating group) is 2. The van der Waals surface area contributed by atoms with Crippen LogP contribution in [0.2, 0.25) is 0 Å². The summed E-state index contributed by atoms with van der Waals surface area (Å²) in [5, 5.41) is 8.84. The van der Waals surface area contributed by atoms with Crippen molar-refractivity contribution in [1.29, 1.82) is 5.26 Å². The zero-order valence-corrected chi connectivity index (χ0v) is 14.5. The van der Waals surface area contributed by atoms with E-state index < -0.39 is 0 Å². The summed E-state index contributed by atoms with van der Waals surface area (Å²) < 4.78 is 0. The lowest BCUT2D eigenvalue weighted by Crippen LogP contribution is -2.49. The number of likely N-dealkylation sites (tertiary alicyclic amines) is 2. The van der Waals surface area contributed by atoms with Crippen LogP contribution in [0.25, 0.3) is 0 Å². The van der Waals surface area contributed by atoms with Gasteiger partial charge in [0.05, 0.1) is 12.1 Å². The minimum atomic E-state index is 0.173. The van der Waals surface area contributed by atoms with E-state index in [-0.39, 0.29) is 5.91 Å². The van der Waals surface area contributed by atoms with Gasteiger partial charge in [0.2, 0.25) is 5.91 Å². The summed E-state index contributed by atoms with van der Waals surface area (Å²) in [4.78, 5) is 23.4. The largest absolute Gasteiger partial charge is 0.350 e. The lowest BCUT2D eigenvalue weighted by atomic mass is 10.0. The zero-order chi connectivity index (χ0) is 17.1. The summed E-state index contributed by atoms with van der Waals surface area (Å²) in [7, 11) is 4.05. The fourth-order valence-electron chi connectivity index (χ4n) is 3.98. The summed E-state index contributed by atoms with van der Waals surface area (Å²) in [5.74, 6) is 0.891. The number of anilines is 1. The Balaban J connectivity index is 1.63. The summed E-state index contributed by atoms with van der Waals surface area (Å²) in [6, 6.07) is 6.44. The average molecular weight is 327 g/mol. The molecule has 1 aromatic heterocycles. The number of hydrogen-bond donors (Lipinski definition) is 0. The van der Waals surface area contributed by atoms with E-state index in [4.69, 9.17) is 5.26 Å². The standard InChI is InChI=1S/C18H25N5O/c1-21-9-3-5-15(21)16-6-4-10-23(16)18(24)13-22(2)17-8-7-14(11-19)12-20-17/h7-8,12,15-16H,3-6,9-10,13H2,1-2H3. The number of hydrogen-bond acceptors (Lipinski definition) is 5. The molecular weight excluding hydrogens is 302 g/mol. The molecule has 0 aromatic carbocycles. The number of carbonyl (C=O) groups excluding carboxylic acids is 1. The smallest absolute Gasteiger partial charge is 0.242 e. The van der Waals surface area contributed by atoms with E-state index in [1.54, 1.807) is 18.3 Å². The highest BCUT2D eigenvalue weighted by molar-refractivity contribution is 5.81. The number of nitriles is 1. The minimum absolute atomic E-state index is 0.173. The Morgan fingerprint density at radius 1 is 1.33 bits per heavy atom. The van der Waals surface area contributed by atoms with E-state index in [9.17, 15) is 4.79 Å². The van der Waals surface area contributed by atoms with Crippen molar-refractivity contribution < 1.29 is 4.79 Å². The average Bonchev–Trinajstić information content (AvgIpc) is 3.23. The first kappa shape index (κ1) is 16.7. The molecule has 0 spiro atoms. The van der Waals surface area contributed by atoms with Gasteiger partial charge in [-0.15, -0.1) is 0 Å². The molecular formula is C18H25N5O. The van der Waals surface area contributed by atoms with Crippen molar-refractivity contribution in [1.82, 2.24) is 14.8 Å². The van der Waals surface area contributed by atoms with E-state index in [1.165, 1.54) is 12.8 Å². The molecule has 128 valence electrons. The quantitative estimate of drug-likeness (QED) is 0.838. The van der Waals surface area contributed by atoms with Crippen molar-refractivity contribution in [3.63, 3.8) is 0 Å². The van der Waals surface area contributed by atoms with Gasteiger partial charge in [-0.05, 0) is 51.4 Å². The highest BCUT2D eigenvalue weighted by atomic mass is 16.2. The molecule has 6 nitrogen and oxygen atoms in total. The molecule has 0 radical (unpaired) electrons. The Labute approximate surface area is 143 Å². The molecule has 0 saturated carbocycles. The third-order valence-electron chi connectivity index (χ3n) is 5.28. The number of carbonyl (C=O) groups is 1. The van der Waals surface area contributed by atoms with Gasteiger partial charge in [0, 0.05) is 31.9 Å². The molecule has 24 heavy (non-hydrogen) atoms. The lowest BCUT2D eigenvalue weighted by Gasteiger charge is -2.34. The molecule has 2 aliphatic rings. The molecule has 2 saturated heterocycles.